The predicted octanol–water partition coefficient (Wildman–Crippen LogP) is 9.47. The predicted molar refractivity (Wildman–Crippen MR) is 200 cm³/mol. The standard InChI is InChI=1S/C21H21ClO3.C21H22O4/c2*1-21(2,3)17-11-9-15(10-12-17)18(19(22)23)13-14-5-7-16(8-6-14)20(24)25-4/h5-13H,1-4H3;5-13H,1-4H3,(H,22,23)/b2*18-13+. The molecule has 0 amide bonds. The molecule has 0 aliphatic heterocycles. The third-order valence-electron chi connectivity index (χ3n) is 7.85. The quantitative estimate of drug-likeness (QED) is 0.0847. The van der Waals surface area contributed by atoms with E-state index < -0.39 is 23.2 Å². The first kappa shape index (κ1) is 39.2. The Hall–Kier alpha value is -5.27. The number of ether oxygens (including phenoxy) is 2. The van der Waals surface area contributed by atoms with Gasteiger partial charge in [-0.25, -0.2) is 14.4 Å². The third kappa shape index (κ3) is 10.9. The van der Waals surface area contributed by atoms with Crippen LogP contribution >= 0.6 is 11.6 Å². The van der Waals surface area contributed by atoms with Gasteiger partial charge < -0.3 is 14.6 Å². The molecule has 0 radical (unpaired) electrons. The van der Waals surface area contributed by atoms with Crippen molar-refractivity contribution >= 4 is 58.0 Å². The Labute approximate surface area is 299 Å². The molecule has 0 unspecified atom stereocenters. The summed E-state index contributed by atoms with van der Waals surface area (Å²) in [6.07, 6.45) is 3.30. The Balaban J connectivity index is 0.000000270. The largest absolute Gasteiger partial charge is 0.478 e. The van der Waals surface area contributed by atoms with E-state index in [0.717, 1.165) is 16.7 Å². The highest BCUT2D eigenvalue weighted by Gasteiger charge is 2.17. The lowest BCUT2D eigenvalue weighted by Crippen LogP contribution is -2.11. The van der Waals surface area contributed by atoms with Crippen LogP contribution in [0.4, 0.5) is 0 Å². The van der Waals surface area contributed by atoms with Crippen LogP contribution < -0.4 is 0 Å². The highest BCUT2D eigenvalue weighted by atomic mass is 35.5. The Morgan fingerprint density at radius 2 is 0.820 bits per heavy atom. The van der Waals surface area contributed by atoms with Gasteiger partial charge in [0.1, 0.15) is 0 Å². The minimum absolute atomic E-state index is 0.00927. The molecule has 260 valence electrons. The average molecular weight is 695 g/mol. The number of hydrogen-bond acceptors (Lipinski definition) is 6. The molecule has 0 atom stereocenters. The van der Waals surface area contributed by atoms with E-state index in [1.165, 1.54) is 19.8 Å². The fourth-order valence-corrected chi connectivity index (χ4v) is 4.99. The summed E-state index contributed by atoms with van der Waals surface area (Å²) in [5.41, 5.74) is 6.72. The van der Waals surface area contributed by atoms with Crippen LogP contribution in [0.25, 0.3) is 23.3 Å². The van der Waals surface area contributed by atoms with Crippen LogP contribution in [0.2, 0.25) is 0 Å². The zero-order chi connectivity index (χ0) is 37.2. The highest BCUT2D eigenvalue weighted by Crippen LogP contribution is 2.28. The molecule has 4 aromatic carbocycles. The summed E-state index contributed by atoms with van der Waals surface area (Å²) < 4.78 is 9.33. The molecule has 0 aromatic heterocycles. The molecule has 1 N–H and O–H groups in total. The number of methoxy groups -OCH3 is 2. The van der Waals surface area contributed by atoms with E-state index in [2.05, 4.69) is 51.0 Å². The van der Waals surface area contributed by atoms with Gasteiger partial charge in [-0.2, -0.15) is 0 Å². The number of benzene rings is 4. The maximum absolute atomic E-state index is 11.9. The Morgan fingerprint density at radius 3 is 1.10 bits per heavy atom. The molecule has 0 spiro atoms. The van der Waals surface area contributed by atoms with Crippen molar-refractivity contribution < 1.29 is 33.8 Å². The molecule has 4 aromatic rings. The van der Waals surface area contributed by atoms with Crippen molar-refractivity contribution in [3.63, 3.8) is 0 Å². The van der Waals surface area contributed by atoms with E-state index in [1.54, 1.807) is 60.7 Å². The fourth-order valence-electron chi connectivity index (χ4n) is 4.82. The van der Waals surface area contributed by atoms with Crippen LogP contribution in [-0.4, -0.2) is 42.5 Å². The van der Waals surface area contributed by atoms with Crippen molar-refractivity contribution in [3.8, 4) is 0 Å². The van der Waals surface area contributed by atoms with Gasteiger partial charge in [0, 0.05) is 5.57 Å². The summed E-state index contributed by atoms with van der Waals surface area (Å²) in [5, 5.41) is 9.03. The Kier molecular flexibility index (Phi) is 13.2. The van der Waals surface area contributed by atoms with Crippen LogP contribution in [0.15, 0.2) is 97.1 Å². The number of hydrogen-bond donors (Lipinski definition) is 1. The number of halogens is 1. The van der Waals surface area contributed by atoms with Gasteiger partial charge >= 0.3 is 17.9 Å². The van der Waals surface area contributed by atoms with Crippen LogP contribution in [0, 0.1) is 0 Å². The smallest absolute Gasteiger partial charge is 0.337 e. The highest BCUT2D eigenvalue weighted by molar-refractivity contribution is 6.75. The second-order valence-corrected chi connectivity index (χ2v) is 13.9. The molecule has 0 fully saturated rings. The van der Waals surface area contributed by atoms with Crippen molar-refractivity contribution in [2.75, 3.05) is 14.2 Å². The number of carbonyl (C=O) groups is 4. The maximum atomic E-state index is 11.9. The van der Waals surface area contributed by atoms with Gasteiger partial charge in [0.2, 0.25) is 0 Å². The molecule has 0 saturated heterocycles. The molecular weight excluding hydrogens is 652 g/mol. The van der Waals surface area contributed by atoms with Crippen molar-refractivity contribution in [3.05, 3.63) is 142 Å². The van der Waals surface area contributed by atoms with Crippen LogP contribution in [-0.2, 0) is 29.9 Å². The molecule has 0 saturated carbocycles. The number of rotatable bonds is 8. The molecular formula is C42H43ClO7. The molecule has 50 heavy (non-hydrogen) atoms. The van der Waals surface area contributed by atoms with Gasteiger partial charge in [-0.15, -0.1) is 0 Å². The van der Waals surface area contributed by atoms with Crippen molar-refractivity contribution in [1.82, 2.24) is 0 Å². The number of carboxylic acid groups (broad SMARTS) is 1. The van der Waals surface area contributed by atoms with Gasteiger partial charge in [-0.3, -0.25) is 4.79 Å². The Morgan fingerprint density at radius 1 is 0.520 bits per heavy atom. The van der Waals surface area contributed by atoms with Crippen molar-refractivity contribution in [1.29, 1.82) is 0 Å². The zero-order valence-electron chi connectivity index (χ0n) is 29.7. The summed E-state index contributed by atoms with van der Waals surface area (Å²) in [6, 6.07) is 28.7. The van der Waals surface area contributed by atoms with E-state index in [1.807, 2.05) is 48.5 Å². The first-order valence-electron chi connectivity index (χ1n) is 15.9. The maximum Gasteiger partial charge on any atom is 0.337 e. The van der Waals surface area contributed by atoms with Crippen molar-refractivity contribution in [2.24, 2.45) is 0 Å². The summed E-state index contributed by atoms with van der Waals surface area (Å²) in [5.74, 6) is -1.82. The normalized spacial score (nSPS) is 11.9. The SMILES string of the molecule is COC(=O)c1ccc(/C=C(/C(=O)Cl)c2ccc(C(C)(C)C)cc2)cc1.COC(=O)c1ccc(/C=C(/C(=O)O)c2ccc(C(C)(C)C)cc2)cc1. The third-order valence-corrected chi connectivity index (χ3v) is 8.06. The summed E-state index contributed by atoms with van der Waals surface area (Å²) in [4.78, 5) is 46.5. The topological polar surface area (TPSA) is 107 Å². The first-order valence-corrected chi connectivity index (χ1v) is 16.3. The second kappa shape index (κ2) is 16.9. The lowest BCUT2D eigenvalue weighted by Gasteiger charge is -2.19. The van der Waals surface area contributed by atoms with Gasteiger partial charge in [0.15, 0.2) is 0 Å². The summed E-state index contributed by atoms with van der Waals surface area (Å²) in [7, 11) is 2.65. The van der Waals surface area contributed by atoms with Gasteiger partial charge in [-0.1, -0.05) is 114 Å². The number of carbonyl (C=O) groups excluding carboxylic acids is 3. The molecule has 7 nitrogen and oxygen atoms in total. The fraction of sp³-hybridized carbons (Fsp3) is 0.238. The number of aliphatic carboxylic acids is 1. The lowest BCUT2D eigenvalue weighted by atomic mass is 9.86. The van der Waals surface area contributed by atoms with Crippen LogP contribution in [0.5, 0.6) is 0 Å². The number of carboxylic acids is 1. The van der Waals surface area contributed by atoms with E-state index >= 15 is 0 Å². The summed E-state index contributed by atoms with van der Waals surface area (Å²) >= 11 is 5.78. The lowest BCUT2D eigenvalue weighted by molar-refractivity contribution is -0.130. The van der Waals surface area contributed by atoms with E-state index in [-0.39, 0.29) is 16.4 Å². The minimum atomic E-state index is -0.999. The van der Waals surface area contributed by atoms with Gasteiger partial charge in [-0.05, 0) is 92.2 Å². The second-order valence-electron chi connectivity index (χ2n) is 13.6. The Bertz CT molecular complexity index is 1730. The van der Waals surface area contributed by atoms with Crippen LogP contribution in [0.1, 0.15) is 95.6 Å². The van der Waals surface area contributed by atoms with Crippen LogP contribution in [0.3, 0.4) is 0 Å². The molecule has 8 heteroatoms. The van der Waals surface area contributed by atoms with E-state index in [9.17, 15) is 24.3 Å². The monoisotopic (exact) mass is 694 g/mol. The van der Waals surface area contributed by atoms with E-state index in [4.69, 9.17) is 11.6 Å². The summed E-state index contributed by atoms with van der Waals surface area (Å²) in [6.45, 7) is 12.7. The first-order chi connectivity index (χ1) is 23.4. The number of allylic oxidation sites excluding steroid dienone is 1. The van der Waals surface area contributed by atoms with E-state index in [0.29, 0.717) is 27.8 Å². The molecule has 0 aliphatic carbocycles. The van der Waals surface area contributed by atoms with Gasteiger partial charge in [0.05, 0.1) is 30.9 Å². The molecule has 0 heterocycles. The molecule has 4 rings (SSSR count). The molecule has 0 aliphatic rings. The minimum Gasteiger partial charge on any atom is -0.478 e. The number of esters is 2. The average Bonchev–Trinajstić information content (AvgIpc) is 3.08. The van der Waals surface area contributed by atoms with Gasteiger partial charge in [0.25, 0.3) is 5.24 Å². The zero-order valence-corrected chi connectivity index (χ0v) is 30.4. The van der Waals surface area contributed by atoms with Crippen molar-refractivity contribution in [2.45, 2.75) is 52.4 Å². The molecule has 0 bridgehead atoms.